The van der Waals surface area contributed by atoms with Gasteiger partial charge in [-0.25, -0.2) is 8.78 Å². The van der Waals surface area contributed by atoms with E-state index in [0.29, 0.717) is 25.1 Å². The van der Waals surface area contributed by atoms with Crippen molar-refractivity contribution in [3.8, 4) is 0 Å². The predicted octanol–water partition coefficient (Wildman–Crippen LogP) is 3.16. The average molecular weight is 331 g/mol. The number of amides is 1. The van der Waals surface area contributed by atoms with Crippen molar-refractivity contribution in [3.05, 3.63) is 58.4 Å². The molecule has 1 aliphatic heterocycles. The number of benzene rings is 1. The number of nitrogens with one attached hydrogen (secondary N) is 1. The van der Waals surface area contributed by atoms with E-state index in [1.54, 1.807) is 11.0 Å². The lowest BCUT2D eigenvalue weighted by molar-refractivity contribution is -0.130. The van der Waals surface area contributed by atoms with E-state index >= 15 is 0 Å². The minimum Gasteiger partial charge on any atom is -0.338 e. The predicted molar refractivity (Wildman–Crippen MR) is 87.3 cm³/mol. The third kappa shape index (κ3) is 3.09. The van der Waals surface area contributed by atoms with Gasteiger partial charge in [-0.05, 0) is 38.0 Å². The number of H-pyrrole nitrogens is 1. The number of rotatable bonds is 3. The minimum atomic E-state index is -0.564. The van der Waals surface area contributed by atoms with E-state index in [1.807, 2.05) is 13.8 Å². The number of aromatic amines is 1. The Balaban J connectivity index is 1.72. The molecule has 1 aliphatic rings. The fourth-order valence-electron chi connectivity index (χ4n) is 3.02. The van der Waals surface area contributed by atoms with Gasteiger partial charge >= 0.3 is 0 Å². The molecule has 0 saturated heterocycles. The molecular formula is C18H19F2N3O. The van der Waals surface area contributed by atoms with Gasteiger partial charge in [0.25, 0.3) is 0 Å². The number of halogens is 2. The number of hydrogen-bond donors (Lipinski definition) is 1. The summed E-state index contributed by atoms with van der Waals surface area (Å²) in [6.07, 6.45) is 2.45. The highest BCUT2D eigenvalue weighted by molar-refractivity contribution is 5.81. The lowest BCUT2D eigenvalue weighted by Gasteiger charge is -2.27. The highest BCUT2D eigenvalue weighted by Crippen LogP contribution is 2.27. The average Bonchev–Trinajstić information content (AvgIpc) is 2.87. The Morgan fingerprint density at radius 2 is 2.00 bits per heavy atom. The zero-order chi connectivity index (χ0) is 17.3. The van der Waals surface area contributed by atoms with Crippen molar-refractivity contribution in [2.45, 2.75) is 26.7 Å². The van der Waals surface area contributed by atoms with Crippen LogP contribution in [0.25, 0.3) is 5.57 Å². The van der Waals surface area contributed by atoms with Gasteiger partial charge in [-0.15, -0.1) is 0 Å². The quantitative estimate of drug-likeness (QED) is 0.939. The van der Waals surface area contributed by atoms with E-state index in [-0.39, 0.29) is 17.9 Å². The van der Waals surface area contributed by atoms with Crippen molar-refractivity contribution >= 4 is 11.5 Å². The molecule has 0 spiro atoms. The van der Waals surface area contributed by atoms with Crippen LogP contribution in [0.15, 0.2) is 24.3 Å². The van der Waals surface area contributed by atoms with E-state index < -0.39 is 11.6 Å². The van der Waals surface area contributed by atoms with Crippen molar-refractivity contribution in [2.75, 3.05) is 13.1 Å². The van der Waals surface area contributed by atoms with Crippen molar-refractivity contribution in [3.63, 3.8) is 0 Å². The van der Waals surface area contributed by atoms with E-state index in [4.69, 9.17) is 0 Å². The normalized spacial score (nSPS) is 14.7. The second-order valence-corrected chi connectivity index (χ2v) is 6.01. The standard InChI is InChI=1S/C18H19F2N3O/c1-11-14(12(2)22-21-11)10-17(24)23-8-6-13(7-9-23)18-15(19)4-3-5-16(18)20/h3-6H,7-10H2,1-2H3,(H,21,22). The zero-order valence-electron chi connectivity index (χ0n) is 13.7. The van der Waals surface area contributed by atoms with E-state index in [0.717, 1.165) is 17.0 Å². The first-order valence-corrected chi connectivity index (χ1v) is 7.89. The van der Waals surface area contributed by atoms with Gasteiger partial charge in [0.15, 0.2) is 0 Å². The maximum Gasteiger partial charge on any atom is 0.227 e. The molecule has 3 rings (SSSR count). The molecule has 1 aromatic carbocycles. The number of carbonyl (C=O) groups is 1. The Bertz CT molecular complexity index is 771. The summed E-state index contributed by atoms with van der Waals surface area (Å²) >= 11 is 0. The summed E-state index contributed by atoms with van der Waals surface area (Å²) < 4.78 is 27.7. The number of aryl methyl sites for hydroxylation is 2. The lowest BCUT2D eigenvalue weighted by atomic mass is 9.98. The third-order valence-corrected chi connectivity index (χ3v) is 4.45. The topological polar surface area (TPSA) is 49.0 Å². The van der Waals surface area contributed by atoms with Crippen LogP contribution in [-0.4, -0.2) is 34.1 Å². The van der Waals surface area contributed by atoms with Crippen LogP contribution in [0, 0.1) is 25.5 Å². The summed E-state index contributed by atoms with van der Waals surface area (Å²) in [5.41, 5.74) is 3.26. The van der Waals surface area contributed by atoms with E-state index in [9.17, 15) is 13.6 Å². The Kier molecular flexibility index (Phi) is 4.46. The van der Waals surface area contributed by atoms with Crippen LogP contribution in [0.3, 0.4) is 0 Å². The number of carbonyl (C=O) groups excluding carboxylic acids is 1. The fourth-order valence-corrected chi connectivity index (χ4v) is 3.02. The van der Waals surface area contributed by atoms with E-state index in [2.05, 4.69) is 10.2 Å². The van der Waals surface area contributed by atoms with Crippen LogP contribution in [-0.2, 0) is 11.2 Å². The summed E-state index contributed by atoms with van der Waals surface area (Å²) in [6, 6.07) is 3.85. The van der Waals surface area contributed by atoms with Crippen molar-refractivity contribution < 1.29 is 13.6 Å². The first kappa shape index (κ1) is 16.4. The Morgan fingerprint density at radius 3 is 2.54 bits per heavy atom. The molecule has 2 heterocycles. The summed E-state index contributed by atoms with van der Waals surface area (Å²) in [4.78, 5) is 14.2. The molecular weight excluding hydrogens is 312 g/mol. The van der Waals surface area contributed by atoms with Gasteiger partial charge in [-0.3, -0.25) is 9.89 Å². The second kappa shape index (κ2) is 6.55. The van der Waals surface area contributed by atoms with Crippen LogP contribution in [0.4, 0.5) is 8.78 Å². The molecule has 0 unspecified atom stereocenters. The molecule has 0 aliphatic carbocycles. The summed E-state index contributed by atoms with van der Waals surface area (Å²) in [7, 11) is 0. The Morgan fingerprint density at radius 1 is 1.29 bits per heavy atom. The first-order valence-electron chi connectivity index (χ1n) is 7.89. The van der Waals surface area contributed by atoms with Gasteiger partial charge in [0.2, 0.25) is 5.91 Å². The second-order valence-electron chi connectivity index (χ2n) is 6.01. The van der Waals surface area contributed by atoms with Crippen LogP contribution in [0.5, 0.6) is 0 Å². The highest BCUT2D eigenvalue weighted by Gasteiger charge is 2.22. The van der Waals surface area contributed by atoms with Crippen LogP contribution < -0.4 is 0 Å². The van der Waals surface area contributed by atoms with Crippen molar-refractivity contribution in [1.29, 1.82) is 0 Å². The monoisotopic (exact) mass is 331 g/mol. The number of hydrogen-bond acceptors (Lipinski definition) is 2. The third-order valence-electron chi connectivity index (χ3n) is 4.45. The number of aromatic nitrogens is 2. The van der Waals surface area contributed by atoms with Gasteiger partial charge in [0, 0.05) is 29.9 Å². The van der Waals surface area contributed by atoms with Gasteiger partial charge in [-0.2, -0.15) is 5.10 Å². The number of nitrogens with zero attached hydrogens (tertiary/aromatic N) is 2. The minimum absolute atomic E-state index is 0.00749. The van der Waals surface area contributed by atoms with Crippen LogP contribution in [0.1, 0.15) is 28.9 Å². The molecule has 0 bridgehead atoms. The molecule has 2 aromatic rings. The maximum absolute atomic E-state index is 13.9. The molecule has 0 fully saturated rings. The Hall–Kier alpha value is -2.50. The van der Waals surface area contributed by atoms with E-state index in [1.165, 1.54) is 18.2 Å². The molecule has 1 N–H and O–H groups in total. The van der Waals surface area contributed by atoms with Gasteiger partial charge in [0.05, 0.1) is 12.1 Å². The molecule has 4 nitrogen and oxygen atoms in total. The molecule has 1 amide bonds. The van der Waals surface area contributed by atoms with Gasteiger partial charge < -0.3 is 4.90 Å². The summed E-state index contributed by atoms with van der Waals surface area (Å²) in [5.74, 6) is -1.14. The molecule has 1 aromatic heterocycles. The highest BCUT2D eigenvalue weighted by atomic mass is 19.1. The zero-order valence-corrected chi connectivity index (χ0v) is 13.7. The molecule has 126 valence electrons. The largest absolute Gasteiger partial charge is 0.338 e. The lowest BCUT2D eigenvalue weighted by Crippen LogP contribution is -2.36. The molecule has 24 heavy (non-hydrogen) atoms. The molecule has 6 heteroatoms. The molecule has 0 radical (unpaired) electrons. The smallest absolute Gasteiger partial charge is 0.227 e. The van der Waals surface area contributed by atoms with Crippen molar-refractivity contribution in [1.82, 2.24) is 15.1 Å². The van der Waals surface area contributed by atoms with Gasteiger partial charge in [0.1, 0.15) is 11.6 Å². The fraction of sp³-hybridized carbons (Fsp3) is 0.333. The molecule has 0 atom stereocenters. The SMILES string of the molecule is Cc1n[nH]c(C)c1CC(=O)N1CC=C(c2c(F)cccc2F)CC1. The van der Waals surface area contributed by atoms with Gasteiger partial charge in [-0.1, -0.05) is 12.1 Å². The summed E-state index contributed by atoms with van der Waals surface area (Å²) in [6.45, 7) is 4.56. The Labute approximate surface area is 139 Å². The maximum atomic E-state index is 13.9. The van der Waals surface area contributed by atoms with Crippen molar-refractivity contribution in [2.24, 2.45) is 0 Å². The van der Waals surface area contributed by atoms with Crippen LogP contribution in [0.2, 0.25) is 0 Å². The first-order chi connectivity index (χ1) is 11.5. The van der Waals surface area contributed by atoms with Crippen LogP contribution >= 0.6 is 0 Å². The molecule has 0 saturated carbocycles. The summed E-state index contributed by atoms with van der Waals surface area (Å²) in [5, 5.41) is 6.96.